The summed E-state index contributed by atoms with van der Waals surface area (Å²) in [6, 6.07) is 11.3. The van der Waals surface area contributed by atoms with Gasteiger partial charge in [0.2, 0.25) is 11.6 Å². The van der Waals surface area contributed by atoms with Crippen molar-refractivity contribution < 1.29 is 38.4 Å². The van der Waals surface area contributed by atoms with E-state index >= 15 is 0 Å². The molecule has 0 aliphatic carbocycles. The monoisotopic (exact) mass is 682 g/mol. The molecule has 0 aliphatic heterocycles. The van der Waals surface area contributed by atoms with Gasteiger partial charge in [0, 0.05) is 48.7 Å². The highest BCUT2D eigenvalue weighted by Gasteiger charge is 2.25. The van der Waals surface area contributed by atoms with Gasteiger partial charge in [0.15, 0.2) is 0 Å². The molecule has 2 aromatic carbocycles. The Morgan fingerprint density at radius 1 is 0.820 bits per heavy atom. The van der Waals surface area contributed by atoms with Crippen LogP contribution in [0.25, 0.3) is 16.6 Å². The summed E-state index contributed by atoms with van der Waals surface area (Å²) in [5, 5.41) is 18.2. The van der Waals surface area contributed by atoms with Crippen LogP contribution in [0, 0.1) is 11.3 Å². The van der Waals surface area contributed by atoms with Crippen LogP contribution in [0.4, 0.5) is 0 Å². The van der Waals surface area contributed by atoms with E-state index in [4.69, 9.17) is 14.4 Å². The molecule has 0 N–H and O–H groups in total. The zero-order valence-corrected chi connectivity index (χ0v) is 29.0. The number of unbranched alkanes of at least 4 members (excludes halogenated alkanes) is 6. The molecule has 0 bridgehead atoms. The maximum atomic E-state index is 14.2. The second-order valence-corrected chi connectivity index (χ2v) is 11.6. The van der Waals surface area contributed by atoms with Gasteiger partial charge >= 0.3 is 17.9 Å². The second-order valence-electron chi connectivity index (χ2n) is 11.6. The van der Waals surface area contributed by atoms with Crippen molar-refractivity contribution in [2.45, 2.75) is 91.9 Å². The lowest BCUT2D eigenvalue weighted by atomic mass is 9.97. The first kappa shape index (κ1) is 38.7. The minimum atomic E-state index is -0.696. The number of Topliss-reactive ketones (excluding diaryl/α,β-unsaturated/α-hetero) is 2. The standard InChI is InChI=1S/C38H42N4O8/c1-6-9-11-13-15-32(40-49-25(4)43)37(46)27-17-19-35-30(22-27)31(38(47)33(41-50-26(5)44)16-14-12-10-7-2)24-42(35)34-20-18-29(21-28(34)23-39)48-36(45)8-3/h8,17-22,24H,3,6-7,9-16H2,1-2,4-5H3/b40-32+,41-33+. The Hall–Kier alpha value is -5.70. The maximum absolute atomic E-state index is 14.2. The average molecular weight is 683 g/mol. The first-order valence-electron chi connectivity index (χ1n) is 16.7. The lowest BCUT2D eigenvalue weighted by Crippen LogP contribution is -2.17. The SMILES string of the molecule is C=CC(=O)Oc1ccc(-n2cc(C(=O)/C(CCCCCC)=N/OC(C)=O)c3cc(C(=O)/C(CCCCCC)=N/OC(C)=O)ccc32)c(C#N)c1. The molecule has 262 valence electrons. The van der Waals surface area contributed by atoms with Gasteiger partial charge in [-0.1, -0.05) is 69.3 Å². The summed E-state index contributed by atoms with van der Waals surface area (Å²) in [6.07, 6.45) is 9.91. The third-order valence-electron chi connectivity index (χ3n) is 7.67. The molecule has 0 radical (unpaired) electrons. The number of esters is 1. The number of rotatable bonds is 19. The molecule has 0 saturated carbocycles. The van der Waals surface area contributed by atoms with Gasteiger partial charge in [-0.05, 0) is 56.0 Å². The summed E-state index contributed by atoms with van der Waals surface area (Å²) in [4.78, 5) is 72.8. The van der Waals surface area contributed by atoms with Crippen molar-refractivity contribution in [3.8, 4) is 17.5 Å². The number of fused-ring (bicyclic) bond motifs is 1. The van der Waals surface area contributed by atoms with E-state index in [-0.39, 0.29) is 46.7 Å². The molecule has 0 spiro atoms. The summed E-state index contributed by atoms with van der Waals surface area (Å²) in [5.74, 6) is -2.93. The number of aromatic nitrogens is 1. The van der Waals surface area contributed by atoms with Crippen LogP contribution in [0.15, 0.2) is 65.6 Å². The lowest BCUT2D eigenvalue weighted by Gasteiger charge is -2.10. The van der Waals surface area contributed by atoms with Crippen LogP contribution < -0.4 is 4.74 Å². The highest BCUT2D eigenvalue weighted by molar-refractivity contribution is 6.48. The van der Waals surface area contributed by atoms with Crippen molar-refractivity contribution in [2.75, 3.05) is 0 Å². The van der Waals surface area contributed by atoms with Gasteiger partial charge in [-0.25, -0.2) is 14.4 Å². The van der Waals surface area contributed by atoms with Crippen LogP contribution in [0.5, 0.6) is 5.75 Å². The molecule has 50 heavy (non-hydrogen) atoms. The Labute approximate surface area is 291 Å². The van der Waals surface area contributed by atoms with E-state index in [1.54, 1.807) is 28.8 Å². The number of oxime groups is 2. The Morgan fingerprint density at radius 3 is 1.96 bits per heavy atom. The van der Waals surface area contributed by atoms with Gasteiger partial charge in [-0.3, -0.25) is 9.59 Å². The molecule has 12 nitrogen and oxygen atoms in total. The van der Waals surface area contributed by atoms with E-state index in [2.05, 4.69) is 36.8 Å². The van der Waals surface area contributed by atoms with Crippen LogP contribution in [0.1, 0.15) is 118 Å². The summed E-state index contributed by atoms with van der Waals surface area (Å²) >= 11 is 0. The number of nitriles is 1. The molecule has 0 atom stereocenters. The molecular formula is C38H42N4O8. The normalized spacial score (nSPS) is 11.5. The summed E-state index contributed by atoms with van der Waals surface area (Å²) < 4.78 is 6.81. The summed E-state index contributed by atoms with van der Waals surface area (Å²) in [6.45, 7) is 9.89. The van der Waals surface area contributed by atoms with E-state index < -0.39 is 29.5 Å². The minimum Gasteiger partial charge on any atom is -0.423 e. The van der Waals surface area contributed by atoms with Crippen LogP contribution >= 0.6 is 0 Å². The predicted octanol–water partition coefficient (Wildman–Crippen LogP) is 7.74. The molecule has 0 saturated heterocycles. The van der Waals surface area contributed by atoms with Gasteiger partial charge in [0.25, 0.3) is 0 Å². The molecule has 12 heteroatoms. The van der Waals surface area contributed by atoms with Crippen LogP contribution in [-0.4, -0.2) is 45.5 Å². The van der Waals surface area contributed by atoms with Crippen molar-refractivity contribution >= 4 is 51.8 Å². The first-order valence-corrected chi connectivity index (χ1v) is 16.7. The Kier molecular flexibility index (Phi) is 15.0. The summed E-state index contributed by atoms with van der Waals surface area (Å²) in [5.41, 5.74) is 1.38. The lowest BCUT2D eigenvalue weighted by molar-refractivity contribution is -0.141. The van der Waals surface area contributed by atoms with Crippen LogP contribution in [0.3, 0.4) is 0 Å². The number of ketones is 2. The minimum absolute atomic E-state index is 0.0207. The fraction of sp³-hybridized carbons (Fsp3) is 0.368. The third kappa shape index (κ3) is 10.7. The van der Waals surface area contributed by atoms with Gasteiger partial charge in [-0.2, -0.15) is 5.26 Å². The van der Waals surface area contributed by atoms with Gasteiger partial charge < -0.3 is 19.0 Å². The van der Waals surface area contributed by atoms with Crippen molar-refractivity contribution in [3.05, 3.63) is 71.9 Å². The zero-order chi connectivity index (χ0) is 36.6. The molecule has 1 aromatic heterocycles. The number of ether oxygens (including phenoxy) is 1. The van der Waals surface area contributed by atoms with Gasteiger partial charge in [-0.15, -0.1) is 0 Å². The number of hydrogen-bond donors (Lipinski definition) is 0. The Bertz CT molecular complexity index is 1860. The number of nitrogens with zero attached hydrogens (tertiary/aromatic N) is 4. The number of carbonyl (C=O) groups excluding carboxylic acids is 5. The highest BCUT2D eigenvalue weighted by Crippen LogP contribution is 2.31. The van der Waals surface area contributed by atoms with E-state index in [0.29, 0.717) is 29.4 Å². The first-order chi connectivity index (χ1) is 24.0. The molecule has 0 amide bonds. The number of carbonyl (C=O) groups is 5. The maximum Gasteiger partial charge on any atom is 0.335 e. The molecule has 0 fully saturated rings. The van der Waals surface area contributed by atoms with E-state index in [1.807, 2.05) is 0 Å². The smallest absolute Gasteiger partial charge is 0.335 e. The average Bonchev–Trinajstić information content (AvgIpc) is 3.48. The van der Waals surface area contributed by atoms with Crippen LogP contribution in [0.2, 0.25) is 0 Å². The summed E-state index contributed by atoms with van der Waals surface area (Å²) in [7, 11) is 0. The van der Waals surface area contributed by atoms with E-state index in [1.165, 1.54) is 32.2 Å². The quantitative estimate of drug-likeness (QED) is 0.0180. The topological polar surface area (TPSA) is 166 Å². The van der Waals surface area contributed by atoms with Gasteiger partial charge in [0.05, 0.1) is 16.8 Å². The van der Waals surface area contributed by atoms with E-state index in [9.17, 15) is 29.2 Å². The molecular weight excluding hydrogens is 640 g/mol. The molecule has 0 unspecified atom stereocenters. The van der Waals surface area contributed by atoms with Crippen molar-refractivity contribution in [2.24, 2.45) is 10.3 Å². The molecule has 3 aromatic rings. The molecule has 3 rings (SSSR count). The molecule has 0 aliphatic rings. The second kappa shape index (κ2) is 19.3. The number of hydrogen-bond acceptors (Lipinski definition) is 11. The van der Waals surface area contributed by atoms with Gasteiger partial charge in [0.1, 0.15) is 23.2 Å². The van der Waals surface area contributed by atoms with Crippen molar-refractivity contribution in [3.63, 3.8) is 0 Å². The molecule has 1 heterocycles. The largest absolute Gasteiger partial charge is 0.423 e. The fourth-order valence-corrected chi connectivity index (χ4v) is 5.19. The predicted molar refractivity (Wildman–Crippen MR) is 188 cm³/mol. The van der Waals surface area contributed by atoms with Crippen LogP contribution in [-0.2, 0) is 24.1 Å². The highest BCUT2D eigenvalue weighted by atomic mass is 16.7. The van der Waals surface area contributed by atoms with Crippen molar-refractivity contribution in [1.82, 2.24) is 4.57 Å². The van der Waals surface area contributed by atoms with E-state index in [0.717, 1.165) is 44.6 Å². The van der Waals surface area contributed by atoms with Crippen molar-refractivity contribution in [1.29, 1.82) is 5.26 Å². The Balaban J connectivity index is 2.23. The Morgan fingerprint density at radius 2 is 1.42 bits per heavy atom. The third-order valence-corrected chi connectivity index (χ3v) is 7.67. The zero-order valence-electron chi connectivity index (χ0n) is 29.0. The fourth-order valence-electron chi connectivity index (χ4n) is 5.19. The number of benzene rings is 2.